The predicted octanol–water partition coefficient (Wildman–Crippen LogP) is 1.09. The van der Waals surface area contributed by atoms with Crippen molar-refractivity contribution >= 4 is 28.4 Å². The van der Waals surface area contributed by atoms with Crippen molar-refractivity contribution in [1.29, 1.82) is 0 Å². The molecule has 1 heterocycles. The zero-order chi connectivity index (χ0) is 8.10. The van der Waals surface area contributed by atoms with Gasteiger partial charge in [-0.1, -0.05) is 22.6 Å². The third kappa shape index (κ3) is 2.71. The second-order valence-electron chi connectivity index (χ2n) is 1.73. The maximum atomic E-state index is 10.6. The molecule has 0 aliphatic rings. The van der Waals surface area contributed by atoms with Crippen LogP contribution in [-0.2, 0) is 0 Å². The molecule has 1 aromatic heterocycles. The first-order chi connectivity index (χ1) is 5.33. The van der Waals surface area contributed by atoms with Crippen LogP contribution in [0.3, 0.4) is 0 Å². The van der Waals surface area contributed by atoms with Gasteiger partial charge in [0.1, 0.15) is 5.82 Å². The molecule has 11 heavy (non-hydrogen) atoms. The molecule has 2 N–H and O–H groups in total. The average Bonchev–Trinajstić information content (AvgIpc) is 2.01. The second kappa shape index (κ2) is 4.12. The van der Waals surface area contributed by atoms with E-state index in [1.165, 1.54) is 6.20 Å². The lowest BCUT2D eigenvalue weighted by Crippen LogP contribution is -2.10. The van der Waals surface area contributed by atoms with Gasteiger partial charge in [-0.25, -0.2) is 9.78 Å². The fraction of sp³-hybridized carbons (Fsp3) is 0. The minimum atomic E-state index is -0.350. The highest BCUT2D eigenvalue weighted by Crippen LogP contribution is 1.95. The maximum Gasteiger partial charge on any atom is 0.346 e. The van der Waals surface area contributed by atoms with Crippen LogP contribution in [0.5, 0.6) is 0 Å². The molecule has 1 aromatic rings. The van der Waals surface area contributed by atoms with Crippen LogP contribution < -0.4 is 11.0 Å². The Labute approximate surface area is 76.9 Å². The van der Waals surface area contributed by atoms with Crippen molar-refractivity contribution < 1.29 is 0 Å². The molecule has 5 heteroatoms. The molecule has 0 saturated heterocycles. The summed E-state index contributed by atoms with van der Waals surface area (Å²) in [6, 6.07) is 1.68. The number of aromatic nitrogens is 2. The van der Waals surface area contributed by atoms with Gasteiger partial charge in [0.05, 0.1) is 0 Å². The molecule has 0 bridgehead atoms. The van der Waals surface area contributed by atoms with Gasteiger partial charge in [-0.3, -0.25) is 4.98 Å². The fourth-order valence-electron chi connectivity index (χ4n) is 0.574. The summed E-state index contributed by atoms with van der Waals surface area (Å²) in [5.74, 6) is 0.637. The molecule has 58 valence electrons. The summed E-state index contributed by atoms with van der Waals surface area (Å²) in [5, 5.41) is 2.85. The molecule has 0 unspecified atom stereocenters. The zero-order valence-electron chi connectivity index (χ0n) is 5.54. The van der Waals surface area contributed by atoms with E-state index in [-0.39, 0.29) is 5.69 Å². The van der Waals surface area contributed by atoms with Crippen molar-refractivity contribution in [2.45, 2.75) is 0 Å². The number of nitrogens with zero attached hydrogens (tertiary/aromatic N) is 1. The van der Waals surface area contributed by atoms with Crippen LogP contribution in [0.25, 0.3) is 0 Å². The van der Waals surface area contributed by atoms with Crippen molar-refractivity contribution in [1.82, 2.24) is 9.97 Å². The van der Waals surface area contributed by atoms with Gasteiger partial charge < -0.3 is 5.32 Å². The van der Waals surface area contributed by atoms with Crippen LogP contribution in [0.4, 0.5) is 5.82 Å². The van der Waals surface area contributed by atoms with Gasteiger partial charge in [0.15, 0.2) is 0 Å². The molecule has 0 fully saturated rings. The predicted molar refractivity (Wildman–Crippen MR) is 51.6 cm³/mol. The Morgan fingerprint density at radius 1 is 1.73 bits per heavy atom. The number of aromatic amines is 1. The average molecular weight is 263 g/mol. The molecular weight excluding hydrogens is 257 g/mol. The second-order valence-corrected chi connectivity index (χ2v) is 2.44. The number of hydrogen-bond donors (Lipinski definition) is 2. The Kier molecular flexibility index (Phi) is 3.09. The molecule has 0 aliphatic heterocycles. The maximum absolute atomic E-state index is 10.6. The summed E-state index contributed by atoms with van der Waals surface area (Å²) in [7, 11) is 0. The lowest BCUT2D eigenvalue weighted by atomic mass is 10.6. The summed E-state index contributed by atoms with van der Waals surface area (Å²) < 4.78 is 1.80. The Bertz CT molecular complexity index is 307. The van der Waals surface area contributed by atoms with Gasteiger partial charge in [-0.15, -0.1) is 0 Å². The summed E-state index contributed by atoms with van der Waals surface area (Å²) in [6.45, 7) is 0. The van der Waals surface area contributed by atoms with E-state index in [1.54, 1.807) is 16.3 Å². The molecule has 0 spiro atoms. The smallest absolute Gasteiger partial charge is 0.346 e. The largest absolute Gasteiger partial charge is 0.348 e. The Morgan fingerprint density at radius 2 is 2.55 bits per heavy atom. The van der Waals surface area contributed by atoms with Gasteiger partial charge in [0.2, 0.25) is 0 Å². The number of rotatable bonds is 2. The molecule has 0 saturated carbocycles. The van der Waals surface area contributed by atoms with E-state index in [2.05, 4.69) is 37.9 Å². The number of nitrogens with one attached hydrogen (secondary N) is 2. The van der Waals surface area contributed by atoms with E-state index in [9.17, 15) is 4.79 Å². The SMILES string of the molecule is O=c1nccc(NC=CI)[nH]1. The van der Waals surface area contributed by atoms with Gasteiger partial charge in [0, 0.05) is 12.4 Å². The zero-order valence-corrected chi connectivity index (χ0v) is 7.70. The summed E-state index contributed by atoms with van der Waals surface area (Å²) in [6.07, 6.45) is 3.16. The molecule has 0 amide bonds. The Balaban J connectivity index is 2.79. The van der Waals surface area contributed by atoms with E-state index in [0.29, 0.717) is 5.82 Å². The Morgan fingerprint density at radius 3 is 3.18 bits per heavy atom. The monoisotopic (exact) mass is 263 g/mol. The quantitative estimate of drug-likeness (QED) is 0.785. The van der Waals surface area contributed by atoms with Gasteiger partial charge in [-0.2, -0.15) is 0 Å². The normalized spacial score (nSPS) is 10.3. The van der Waals surface area contributed by atoms with Crippen LogP contribution in [0.1, 0.15) is 0 Å². The van der Waals surface area contributed by atoms with Crippen molar-refractivity contribution in [2.24, 2.45) is 0 Å². The van der Waals surface area contributed by atoms with Gasteiger partial charge in [-0.05, 0) is 10.1 Å². The Hall–Kier alpha value is -0.850. The molecule has 0 aliphatic carbocycles. The van der Waals surface area contributed by atoms with Crippen molar-refractivity contribution in [3.05, 3.63) is 33.0 Å². The highest BCUT2D eigenvalue weighted by molar-refractivity contribution is 14.1. The number of halogens is 1. The van der Waals surface area contributed by atoms with Crippen LogP contribution in [0.2, 0.25) is 0 Å². The van der Waals surface area contributed by atoms with Crippen molar-refractivity contribution in [2.75, 3.05) is 5.32 Å². The number of hydrogen-bond acceptors (Lipinski definition) is 3. The highest BCUT2D eigenvalue weighted by Gasteiger charge is 1.86. The molecule has 0 aromatic carbocycles. The summed E-state index contributed by atoms with van der Waals surface area (Å²) in [4.78, 5) is 16.6. The number of anilines is 1. The third-order valence-corrected chi connectivity index (χ3v) is 1.34. The van der Waals surface area contributed by atoms with E-state index in [1.807, 2.05) is 0 Å². The highest BCUT2D eigenvalue weighted by atomic mass is 127. The van der Waals surface area contributed by atoms with Gasteiger partial charge in [0.25, 0.3) is 0 Å². The van der Waals surface area contributed by atoms with Crippen molar-refractivity contribution in [3.8, 4) is 0 Å². The molecule has 1 rings (SSSR count). The first-order valence-corrected chi connectivity index (χ1v) is 4.14. The van der Waals surface area contributed by atoms with Crippen LogP contribution >= 0.6 is 22.6 Å². The van der Waals surface area contributed by atoms with Crippen LogP contribution in [0, 0.1) is 0 Å². The molecular formula is C6H6IN3O. The lowest BCUT2D eigenvalue weighted by Gasteiger charge is -1.96. The molecule has 4 nitrogen and oxygen atoms in total. The summed E-state index contributed by atoms with van der Waals surface area (Å²) >= 11 is 2.07. The van der Waals surface area contributed by atoms with Crippen molar-refractivity contribution in [3.63, 3.8) is 0 Å². The van der Waals surface area contributed by atoms with E-state index in [4.69, 9.17) is 0 Å². The van der Waals surface area contributed by atoms with E-state index in [0.717, 1.165) is 0 Å². The van der Waals surface area contributed by atoms with Gasteiger partial charge >= 0.3 is 5.69 Å². The summed E-state index contributed by atoms with van der Waals surface area (Å²) in [5.41, 5.74) is -0.350. The first kappa shape index (κ1) is 8.25. The minimum Gasteiger partial charge on any atom is -0.348 e. The number of H-pyrrole nitrogens is 1. The van der Waals surface area contributed by atoms with E-state index < -0.39 is 0 Å². The van der Waals surface area contributed by atoms with Crippen LogP contribution in [-0.4, -0.2) is 9.97 Å². The minimum absolute atomic E-state index is 0.350. The topological polar surface area (TPSA) is 57.8 Å². The fourth-order valence-corrected chi connectivity index (χ4v) is 0.754. The first-order valence-electron chi connectivity index (χ1n) is 2.90. The lowest BCUT2D eigenvalue weighted by molar-refractivity contribution is 1.08. The third-order valence-electron chi connectivity index (χ3n) is 0.976. The van der Waals surface area contributed by atoms with Crippen LogP contribution in [0.15, 0.2) is 27.3 Å². The standard InChI is InChI=1S/C6H6IN3O/c7-2-4-8-5-1-3-9-6(11)10-5/h1-4H,(H2,8,9,10,11). The molecule has 0 radical (unpaired) electrons. The van der Waals surface area contributed by atoms with E-state index >= 15 is 0 Å². The molecule has 0 atom stereocenters.